The van der Waals surface area contributed by atoms with E-state index in [2.05, 4.69) is 20.4 Å². The van der Waals surface area contributed by atoms with E-state index in [4.69, 9.17) is 4.42 Å². The van der Waals surface area contributed by atoms with Gasteiger partial charge in [0.15, 0.2) is 17.3 Å². The van der Waals surface area contributed by atoms with Crippen LogP contribution in [0, 0.1) is 13.8 Å². The second kappa shape index (κ2) is 6.23. The summed E-state index contributed by atoms with van der Waals surface area (Å²) >= 11 is 0. The lowest BCUT2D eigenvalue weighted by molar-refractivity contribution is 0.102. The number of rotatable bonds is 3. The van der Waals surface area contributed by atoms with Crippen molar-refractivity contribution in [3.05, 3.63) is 60.2 Å². The van der Waals surface area contributed by atoms with Crippen LogP contribution in [0.5, 0.6) is 0 Å². The summed E-state index contributed by atoms with van der Waals surface area (Å²) in [6.07, 6.45) is 6.81. The van der Waals surface area contributed by atoms with Gasteiger partial charge in [0.25, 0.3) is 5.91 Å². The van der Waals surface area contributed by atoms with Crippen LogP contribution in [0.25, 0.3) is 11.5 Å². The standard InChI is InChI=1S/C16H14N6O2.CH4/c1-10-7-12(11(2)24-10)16(23)19-13-8-22-14(18-13)3-4-15(20-22)21-6-5-17-9-21;/h3-9H,1-2H3,(H,19,23);1H4. The maximum atomic E-state index is 12.3. The third-order valence-electron chi connectivity index (χ3n) is 3.60. The van der Waals surface area contributed by atoms with E-state index in [0.29, 0.717) is 34.4 Å². The Hall–Kier alpha value is -3.42. The van der Waals surface area contributed by atoms with Gasteiger partial charge in [-0.2, -0.15) is 0 Å². The van der Waals surface area contributed by atoms with E-state index >= 15 is 0 Å². The molecule has 8 heteroatoms. The van der Waals surface area contributed by atoms with E-state index in [0.717, 1.165) is 0 Å². The van der Waals surface area contributed by atoms with E-state index in [1.807, 2.05) is 12.1 Å². The number of aromatic nitrogens is 5. The van der Waals surface area contributed by atoms with Gasteiger partial charge in [0.05, 0.1) is 11.8 Å². The highest BCUT2D eigenvalue weighted by molar-refractivity contribution is 6.04. The summed E-state index contributed by atoms with van der Waals surface area (Å²) in [6.45, 7) is 3.56. The minimum atomic E-state index is -0.261. The molecule has 0 unspecified atom stereocenters. The Morgan fingerprint density at radius 1 is 1.28 bits per heavy atom. The molecular weight excluding hydrogens is 320 g/mol. The van der Waals surface area contributed by atoms with Crippen molar-refractivity contribution in [3.8, 4) is 5.82 Å². The van der Waals surface area contributed by atoms with Gasteiger partial charge in [-0.15, -0.1) is 5.10 Å². The van der Waals surface area contributed by atoms with Gasteiger partial charge < -0.3 is 9.73 Å². The number of imidazole rings is 2. The number of amides is 1. The number of anilines is 1. The highest BCUT2D eigenvalue weighted by Crippen LogP contribution is 2.16. The van der Waals surface area contributed by atoms with Gasteiger partial charge in [-0.25, -0.2) is 14.5 Å². The number of hydrogen-bond acceptors (Lipinski definition) is 5. The summed E-state index contributed by atoms with van der Waals surface area (Å²) in [6, 6.07) is 5.36. The molecule has 25 heavy (non-hydrogen) atoms. The molecule has 0 aliphatic rings. The minimum Gasteiger partial charge on any atom is -0.466 e. The Labute approximate surface area is 144 Å². The zero-order valence-electron chi connectivity index (χ0n) is 13.1. The van der Waals surface area contributed by atoms with Gasteiger partial charge >= 0.3 is 0 Å². The Balaban J connectivity index is 0.00000182. The maximum Gasteiger partial charge on any atom is 0.260 e. The first-order valence-electron chi connectivity index (χ1n) is 7.33. The molecule has 4 aromatic rings. The van der Waals surface area contributed by atoms with Crippen LogP contribution in [0.15, 0.2) is 47.5 Å². The van der Waals surface area contributed by atoms with Crippen molar-refractivity contribution in [2.45, 2.75) is 21.3 Å². The van der Waals surface area contributed by atoms with Crippen LogP contribution >= 0.6 is 0 Å². The highest BCUT2D eigenvalue weighted by atomic mass is 16.3. The van der Waals surface area contributed by atoms with Gasteiger partial charge in [-0.3, -0.25) is 9.36 Å². The van der Waals surface area contributed by atoms with Crippen LogP contribution in [0.3, 0.4) is 0 Å². The molecule has 128 valence electrons. The fraction of sp³-hybridized carbons (Fsp3) is 0.176. The van der Waals surface area contributed by atoms with Gasteiger partial charge in [0.1, 0.15) is 17.8 Å². The molecule has 0 aromatic carbocycles. The maximum absolute atomic E-state index is 12.3. The van der Waals surface area contributed by atoms with Gasteiger partial charge in [-0.1, -0.05) is 7.43 Å². The fourth-order valence-corrected chi connectivity index (χ4v) is 2.50. The third kappa shape index (κ3) is 3.01. The SMILES string of the molecule is C.Cc1cc(C(=O)Nc2cn3nc(-n4ccnc4)ccc3n2)c(C)o1. The quantitative estimate of drug-likeness (QED) is 0.620. The number of carbonyl (C=O) groups is 1. The zero-order valence-corrected chi connectivity index (χ0v) is 13.1. The predicted octanol–water partition coefficient (Wildman–Crippen LogP) is 3.01. The average molecular weight is 338 g/mol. The number of aryl methyl sites for hydroxylation is 2. The second-order valence-corrected chi connectivity index (χ2v) is 5.37. The first-order valence-corrected chi connectivity index (χ1v) is 7.33. The summed E-state index contributed by atoms with van der Waals surface area (Å²) < 4.78 is 8.78. The number of carbonyl (C=O) groups excluding carboxylic acids is 1. The van der Waals surface area contributed by atoms with E-state index in [9.17, 15) is 4.79 Å². The van der Waals surface area contributed by atoms with E-state index in [1.54, 1.807) is 53.9 Å². The number of nitrogens with one attached hydrogen (secondary N) is 1. The summed E-state index contributed by atoms with van der Waals surface area (Å²) in [4.78, 5) is 20.7. The van der Waals surface area contributed by atoms with Crippen LogP contribution < -0.4 is 5.32 Å². The molecule has 1 amide bonds. The Morgan fingerprint density at radius 3 is 2.80 bits per heavy atom. The van der Waals surface area contributed by atoms with Crippen molar-refractivity contribution in [2.75, 3.05) is 5.32 Å². The van der Waals surface area contributed by atoms with Crippen molar-refractivity contribution < 1.29 is 9.21 Å². The molecule has 0 saturated carbocycles. The lowest BCUT2D eigenvalue weighted by Crippen LogP contribution is -2.12. The van der Waals surface area contributed by atoms with Crippen molar-refractivity contribution in [1.29, 1.82) is 0 Å². The molecule has 0 spiro atoms. The van der Waals surface area contributed by atoms with Crippen molar-refractivity contribution >= 4 is 17.4 Å². The molecule has 4 heterocycles. The van der Waals surface area contributed by atoms with Gasteiger partial charge in [-0.05, 0) is 32.0 Å². The monoisotopic (exact) mass is 338 g/mol. The zero-order chi connectivity index (χ0) is 16.7. The molecule has 1 N–H and O–H groups in total. The predicted molar refractivity (Wildman–Crippen MR) is 93.0 cm³/mol. The minimum absolute atomic E-state index is 0. The molecule has 4 aromatic heterocycles. The average Bonchev–Trinajstić information content (AvgIpc) is 3.25. The molecule has 0 aliphatic carbocycles. The molecule has 0 fully saturated rings. The lowest BCUT2D eigenvalue weighted by Gasteiger charge is -2.00. The summed E-state index contributed by atoms with van der Waals surface area (Å²) in [5, 5.41) is 7.21. The molecule has 0 saturated heterocycles. The van der Waals surface area contributed by atoms with Crippen LogP contribution in [-0.2, 0) is 0 Å². The molecule has 4 rings (SSSR count). The Bertz CT molecular complexity index is 1030. The largest absolute Gasteiger partial charge is 0.466 e. The van der Waals surface area contributed by atoms with Gasteiger partial charge in [0, 0.05) is 12.4 Å². The van der Waals surface area contributed by atoms with E-state index in [1.165, 1.54) is 0 Å². The fourth-order valence-electron chi connectivity index (χ4n) is 2.50. The first kappa shape index (κ1) is 16.4. The van der Waals surface area contributed by atoms with Crippen LogP contribution in [0.1, 0.15) is 29.3 Å². The smallest absolute Gasteiger partial charge is 0.260 e. The van der Waals surface area contributed by atoms with Crippen molar-refractivity contribution in [3.63, 3.8) is 0 Å². The molecule has 0 bridgehead atoms. The summed E-state index contributed by atoms with van der Waals surface area (Å²) in [7, 11) is 0. The topological polar surface area (TPSA) is 90.2 Å². The van der Waals surface area contributed by atoms with Crippen molar-refractivity contribution in [1.82, 2.24) is 24.1 Å². The molecule has 0 aliphatic heterocycles. The second-order valence-electron chi connectivity index (χ2n) is 5.37. The normalized spacial score (nSPS) is 10.6. The third-order valence-corrected chi connectivity index (χ3v) is 3.60. The number of hydrogen-bond donors (Lipinski definition) is 1. The Kier molecular flexibility index (Phi) is 4.10. The van der Waals surface area contributed by atoms with Crippen molar-refractivity contribution in [2.24, 2.45) is 0 Å². The first-order chi connectivity index (χ1) is 11.6. The van der Waals surface area contributed by atoms with Crippen LogP contribution in [0.2, 0.25) is 0 Å². The number of fused-ring (bicyclic) bond motifs is 1. The molecule has 0 atom stereocenters. The lowest BCUT2D eigenvalue weighted by atomic mass is 10.2. The Morgan fingerprint density at radius 2 is 2.12 bits per heavy atom. The summed E-state index contributed by atoms with van der Waals surface area (Å²) in [5.74, 6) is 2.14. The van der Waals surface area contributed by atoms with E-state index < -0.39 is 0 Å². The van der Waals surface area contributed by atoms with E-state index in [-0.39, 0.29) is 13.3 Å². The van der Waals surface area contributed by atoms with Crippen LogP contribution in [0.4, 0.5) is 5.82 Å². The highest BCUT2D eigenvalue weighted by Gasteiger charge is 2.15. The molecule has 8 nitrogen and oxygen atoms in total. The van der Waals surface area contributed by atoms with Crippen LogP contribution in [-0.4, -0.2) is 30.1 Å². The van der Waals surface area contributed by atoms with Gasteiger partial charge in [0.2, 0.25) is 0 Å². The number of furan rings is 1. The molecule has 0 radical (unpaired) electrons. The molecular formula is C17H18N6O2. The number of nitrogens with zero attached hydrogens (tertiary/aromatic N) is 5. The summed E-state index contributed by atoms with van der Waals surface area (Å²) in [5.41, 5.74) is 1.13.